The standard InChI is InChI=1S/C17H15F3N2O5S/c1-26-12-3-5-13(6-4-12)27-9-8-21-16(23)28-15-7-2-11(17(18,19)20)10-14(15)22(24)25/h2-7,10H,8-9H2,1H3,(H,21,23). The van der Waals surface area contributed by atoms with Gasteiger partial charge >= 0.3 is 6.18 Å². The van der Waals surface area contributed by atoms with Gasteiger partial charge in [0.2, 0.25) is 0 Å². The van der Waals surface area contributed by atoms with E-state index in [1.54, 1.807) is 24.3 Å². The van der Waals surface area contributed by atoms with Crippen LogP contribution in [-0.4, -0.2) is 30.4 Å². The Balaban J connectivity index is 1.89. The summed E-state index contributed by atoms with van der Waals surface area (Å²) in [6.45, 7) is 0.236. The summed E-state index contributed by atoms with van der Waals surface area (Å²) in [7, 11) is 1.53. The highest BCUT2D eigenvalue weighted by Crippen LogP contribution is 2.36. The number of amides is 1. The molecule has 150 valence electrons. The summed E-state index contributed by atoms with van der Waals surface area (Å²) in [5, 5.41) is 12.8. The van der Waals surface area contributed by atoms with Crippen LogP contribution in [0.5, 0.6) is 11.5 Å². The number of alkyl halides is 3. The Morgan fingerprint density at radius 3 is 2.39 bits per heavy atom. The highest BCUT2D eigenvalue weighted by molar-refractivity contribution is 8.13. The van der Waals surface area contributed by atoms with Gasteiger partial charge in [0.15, 0.2) is 0 Å². The van der Waals surface area contributed by atoms with E-state index in [-0.39, 0.29) is 18.0 Å². The van der Waals surface area contributed by atoms with Crippen LogP contribution in [0.3, 0.4) is 0 Å². The van der Waals surface area contributed by atoms with Crippen LogP contribution in [-0.2, 0) is 6.18 Å². The number of hydrogen-bond acceptors (Lipinski definition) is 6. The molecule has 1 N–H and O–H groups in total. The Hall–Kier alpha value is -2.95. The topological polar surface area (TPSA) is 90.7 Å². The van der Waals surface area contributed by atoms with E-state index in [2.05, 4.69) is 5.32 Å². The van der Waals surface area contributed by atoms with Crippen molar-refractivity contribution in [3.8, 4) is 11.5 Å². The third kappa shape index (κ3) is 6.05. The Morgan fingerprint density at radius 1 is 1.18 bits per heavy atom. The van der Waals surface area contributed by atoms with Gasteiger partial charge in [-0.15, -0.1) is 0 Å². The van der Waals surface area contributed by atoms with E-state index in [4.69, 9.17) is 9.47 Å². The summed E-state index contributed by atoms with van der Waals surface area (Å²) in [6.07, 6.45) is -4.71. The molecule has 0 aromatic heterocycles. The van der Waals surface area contributed by atoms with Crippen molar-refractivity contribution in [2.24, 2.45) is 0 Å². The molecule has 0 aliphatic rings. The fraction of sp³-hybridized carbons (Fsp3) is 0.235. The molecule has 0 fully saturated rings. The first-order chi connectivity index (χ1) is 13.2. The summed E-state index contributed by atoms with van der Waals surface area (Å²) < 4.78 is 48.5. The SMILES string of the molecule is COc1ccc(OCCNC(=O)Sc2ccc(C(F)(F)F)cc2[N+](=O)[O-])cc1. The second-order valence-corrected chi connectivity index (χ2v) is 6.29. The maximum atomic E-state index is 12.7. The van der Waals surface area contributed by atoms with Crippen LogP contribution in [0, 0.1) is 10.1 Å². The van der Waals surface area contributed by atoms with Crippen LogP contribution >= 0.6 is 11.8 Å². The summed E-state index contributed by atoms with van der Waals surface area (Å²) in [4.78, 5) is 21.8. The Morgan fingerprint density at radius 2 is 1.82 bits per heavy atom. The lowest BCUT2D eigenvalue weighted by molar-refractivity contribution is -0.388. The largest absolute Gasteiger partial charge is 0.497 e. The average Bonchev–Trinajstić information content (AvgIpc) is 2.65. The predicted octanol–water partition coefficient (Wildman–Crippen LogP) is 4.50. The van der Waals surface area contributed by atoms with Crippen molar-refractivity contribution in [1.82, 2.24) is 5.32 Å². The number of methoxy groups -OCH3 is 1. The molecule has 2 aromatic rings. The molecule has 0 aliphatic heterocycles. The van der Waals surface area contributed by atoms with Gasteiger partial charge in [-0.2, -0.15) is 13.2 Å². The van der Waals surface area contributed by atoms with E-state index >= 15 is 0 Å². The molecule has 2 rings (SSSR count). The molecule has 28 heavy (non-hydrogen) atoms. The fourth-order valence-corrected chi connectivity index (χ4v) is 2.80. The van der Waals surface area contributed by atoms with Crippen molar-refractivity contribution in [2.45, 2.75) is 11.1 Å². The Labute approximate surface area is 162 Å². The van der Waals surface area contributed by atoms with Gasteiger partial charge in [0.05, 0.1) is 29.0 Å². The first-order valence-electron chi connectivity index (χ1n) is 7.79. The first kappa shape index (κ1) is 21.4. The molecule has 0 saturated heterocycles. The van der Waals surface area contributed by atoms with Gasteiger partial charge < -0.3 is 14.8 Å². The summed E-state index contributed by atoms with van der Waals surface area (Å²) in [5.41, 5.74) is -1.94. The molecule has 0 bridgehead atoms. The molecule has 0 atom stereocenters. The molecule has 0 saturated carbocycles. The van der Waals surface area contributed by atoms with Crippen LogP contribution in [0.4, 0.5) is 23.7 Å². The molecule has 0 radical (unpaired) electrons. The van der Waals surface area contributed by atoms with Crippen LogP contribution in [0.2, 0.25) is 0 Å². The minimum absolute atomic E-state index is 0.103. The Kier molecular flexibility index (Phi) is 7.10. The third-order valence-corrected chi connectivity index (χ3v) is 4.28. The van der Waals surface area contributed by atoms with Gasteiger partial charge in [0.25, 0.3) is 10.9 Å². The van der Waals surface area contributed by atoms with Crippen molar-refractivity contribution >= 4 is 22.7 Å². The monoisotopic (exact) mass is 416 g/mol. The van der Waals surface area contributed by atoms with Crippen molar-refractivity contribution in [1.29, 1.82) is 0 Å². The van der Waals surface area contributed by atoms with Gasteiger partial charge in [-0.3, -0.25) is 14.9 Å². The molecule has 0 heterocycles. The highest BCUT2D eigenvalue weighted by atomic mass is 32.2. The minimum Gasteiger partial charge on any atom is -0.497 e. The number of nitro groups is 1. The van der Waals surface area contributed by atoms with Gasteiger partial charge in [0.1, 0.15) is 18.1 Å². The second kappa shape index (κ2) is 9.31. The van der Waals surface area contributed by atoms with E-state index in [1.807, 2.05) is 0 Å². The lowest BCUT2D eigenvalue weighted by atomic mass is 10.2. The number of nitrogens with one attached hydrogen (secondary N) is 1. The van der Waals surface area contributed by atoms with E-state index in [0.29, 0.717) is 35.4 Å². The molecule has 0 spiro atoms. The third-order valence-electron chi connectivity index (χ3n) is 3.39. The van der Waals surface area contributed by atoms with E-state index in [9.17, 15) is 28.1 Å². The van der Waals surface area contributed by atoms with Crippen LogP contribution in [0.15, 0.2) is 47.4 Å². The number of benzene rings is 2. The molecule has 0 unspecified atom stereocenters. The smallest absolute Gasteiger partial charge is 0.416 e. The highest BCUT2D eigenvalue weighted by Gasteiger charge is 2.33. The Bertz CT molecular complexity index is 844. The first-order valence-corrected chi connectivity index (χ1v) is 8.60. The van der Waals surface area contributed by atoms with Crippen molar-refractivity contribution in [2.75, 3.05) is 20.3 Å². The summed E-state index contributed by atoms with van der Waals surface area (Å²) in [5.74, 6) is 1.22. The number of thioether (sulfide) groups is 1. The van der Waals surface area contributed by atoms with E-state index < -0.39 is 27.6 Å². The summed E-state index contributed by atoms with van der Waals surface area (Å²) in [6, 6.07) is 8.76. The molecule has 0 aliphatic carbocycles. The number of halogens is 3. The van der Waals surface area contributed by atoms with Crippen molar-refractivity contribution < 1.29 is 32.4 Å². The van der Waals surface area contributed by atoms with Gasteiger partial charge in [-0.25, -0.2) is 0 Å². The maximum Gasteiger partial charge on any atom is 0.416 e. The molecule has 11 heteroatoms. The molecule has 1 amide bonds. The quantitative estimate of drug-likeness (QED) is 0.309. The number of nitrogens with zero attached hydrogens (tertiary/aromatic N) is 1. The zero-order chi connectivity index (χ0) is 20.7. The molecule has 7 nitrogen and oxygen atoms in total. The predicted molar refractivity (Wildman–Crippen MR) is 95.8 cm³/mol. The van der Waals surface area contributed by atoms with Gasteiger partial charge in [-0.1, -0.05) is 0 Å². The van der Waals surface area contributed by atoms with E-state index in [1.165, 1.54) is 7.11 Å². The second-order valence-electron chi connectivity index (χ2n) is 5.28. The summed E-state index contributed by atoms with van der Waals surface area (Å²) >= 11 is 0.438. The van der Waals surface area contributed by atoms with Gasteiger partial charge in [-0.05, 0) is 48.2 Å². The zero-order valence-electron chi connectivity index (χ0n) is 14.5. The number of hydrogen-bond donors (Lipinski definition) is 1. The lowest BCUT2D eigenvalue weighted by Gasteiger charge is -2.09. The van der Waals surface area contributed by atoms with Gasteiger partial charge in [0, 0.05) is 6.07 Å². The van der Waals surface area contributed by atoms with Crippen molar-refractivity contribution in [3.05, 3.63) is 58.1 Å². The minimum atomic E-state index is -4.71. The number of nitro benzene ring substituents is 1. The number of ether oxygens (including phenoxy) is 2. The zero-order valence-corrected chi connectivity index (χ0v) is 15.3. The fourth-order valence-electron chi connectivity index (χ4n) is 2.05. The normalized spacial score (nSPS) is 11.0. The van der Waals surface area contributed by atoms with Crippen LogP contribution < -0.4 is 14.8 Å². The number of carbonyl (C=O) groups is 1. The average molecular weight is 416 g/mol. The van der Waals surface area contributed by atoms with Crippen LogP contribution in [0.1, 0.15) is 5.56 Å². The van der Waals surface area contributed by atoms with E-state index in [0.717, 1.165) is 6.07 Å². The molecular weight excluding hydrogens is 401 g/mol. The number of rotatable bonds is 7. The maximum absolute atomic E-state index is 12.7. The molecular formula is C17H15F3N2O5S. The van der Waals surface area contributed by atoms with Crippen molar-refractivity contribution in [3.63, 3.8) is 0 Å². The molecule has 2 aromatic carbocycles. The lowest BCUT2D eigenvalue weighted by Crippen LogP contribution is -2.24. The number of carbonyl (C=O) groups excluding carboxylic acids is 1. The van der Waals surface area contributed by atoms with Crippen LogP contribution in [0.25, 0.3) is 0 Å².